The molecule has 1 saturated heterocycles. The number of hydrogen-bond acceptors (Lipinski definition) is 1. The number of carbonyl (C=O) groups is 1. The number of rotatable bonds is 2. The minimum absolute atomic E-state index is 0.0249. The Morgan fingerprint density at radius 1 is 1.45 bits per heavy atom. The molecule has 1 aliphatic heterocycles. The second kappa shape index (κ2) is 5.93. The fourth-order valence-corrected chi connectivity index (χ4v) is 3.02. The molecule has 2 nitrogen and oxygen atoms in total. The normalized spacial score (nSPS) is 19.4. The van der Waals surface area contributed by atoms with Gasteiger partial charge >= 0.3 is 6.18 Å². The lowest BCUT2D eigenvalue weighted by Gasteiger charge is -2.24. The van der Waals surface area contributed by atoms with Crippen molar-refractivity contribution < 1.29 is 18.0 Å². The lowest BCUT2D eigenvalue weighted by atomic mass is 10.1. The van der Waals surface area contributed by atoms with Crippen molar-refractivity contribution in [3.05, 3.63) is 33.8 Å². The van der Waals surface area contributed by atoms with E-state index in [1.165, 1.54) is 6.07 Å². The van der Waals surface area contributed by atoms with Crippen molar-refractivity contribution in [2.45, 2.75) is 25.1 Å². The maximum atomic E-state index is 12.7. The highest BCUT2D eigenvalue weighted by Crippen LogP contribution is 2.33. The van der Waals surface area contributed by atoms with Crippen LogP contribution in [0.1, 0.15) is 28.8 Å². The predicted octanol–water partition coefficient (Wildman–Crippen LogP) is 4.31. The van der Waals surface area contributed by atoms with Gasteiger partial charge in [0.05, 0.1) is 11.1 Å². The Balaban J connectivity index is 2.34. The van der Waals surface area contributed by atoms with Crippen LogP contribution in [0.5, 0.6) is 0 Å². The zero-order valence-electron chi connectivity index (χ0n) is 10.4. The van der Waals surface area contributed by atoms with Gasteiger partial charge in [0.25, 0.3) is 5.91 Å². The van der Waals surface area contributed by atoms with Crippen LogP contribution in [-0.2, 0) is 6.18 Å². The van der Waals surface area contributed by atoms with Crippen LogP contribution < -0.4 is 0 Å². The van der Waals surface area contributed by atoms with Gasteiger partial charge in [-0.1, -0.05) is 0 Å². The summed E-state index contributed by atoms with van der Waals surface area (Å²) in [6.45, 7) is 0.527. The van der Waals surface area contributed by atoms with Crippen molar-refractivity contribution in [3.8, 4) is 0 Å². The molecule has 20 heavy (non-hydrogen) atoms. The average Bonchev–Trinajstić information content (AvgIpc) is 2.85. The first-order valence-electron chi connectivity index (χ1n) is 6.08. The molecule has 1 unspecified atom stereocenters. The number of amides is 1. The summed E-state index contributed by atoms with van der Waals surface area (Å²) in [6, 6.07) is 2.98. The highest BCUT2D eigenvalue weighted by atomic mass is 79.9. The van der Waals surface area contributed by atoms with Gasteiger partial charge in [0, 0.05) is 22.9 Å². The number of halogens is 5. The van der Waals surface area contributed by atoms with Crippen molar-refractivity contribution in [3.63, 3.8) is 0 Å². The van der Waals surface area contributed by atoms with E-state index in [1.54, 1.807) is 4.90 Å². The summed E-state index contributed by atoms with van der Waals surface area (Å²) < 4.78 is 38.5. The molecule has 7 heteroatoms. The summed E-state index contributed by atoms with van der Waals surface area (Å²) in [5.74, 6) is -0.117. The third-order valence-corrected chi connectivity index (χ3v) is 4.39. The molecule has 110 valence electrons. The van der Waals surface area contributed by atoms with Crippen molar-refractivity contribution in [2.75, 3.05) is 12.4 Å². The fourth-order valence-electron chi connectivity index (χ4n) is 2.28. The number of hydrogen-bond donors (Lipinski definition) is 0. The first-order chi connectivity index (χ1) is 9.34. The topological polar surface area (TPSA) is 20.3 Å². The Morgan fingerprint density at radius 3 is 2.75 bits per heavy atom. The van der Waals surface area contributed by atoms with Gasteiger partial charge in [-0.3, -0.25) is 4.79 Å². The van der Waals surface area contributed by atoms with Crippen molar-refractivity contribution in [1.29, 1.82) is 0 Å². The molecule has 1 amide bonds. The van der Waals surface area contributed by atoms with Gasteiger partial charge in [-0.05, 0) is 47.0 Å². The second-order valence-corrected chi connectivity index (χ2v) is 5.80. The summed E-state index contributed by atoms with van der Waals surface area (Å²) in [4.78, 5) is 13.9. The van der Waals surface area contributed by atoms with Crippen LogP contribution in [0, 0.1) is 0 Å². The molecule has 0 aromatic heterocycles. The van der Waals surface area contributed by atoms with Crippen LogP contribution in [0.25, 0.3) is 0 Å². The smallest absolute Gasteiger partial charge is 0.334 e. The number of alkyl halides is 4. The van der Waals surface area contributed by atoms with E-state index in [1.807, 2.05) is 0 Å². The minimum atomic E-state index is -4.47. The van der Waals surface area contributed by atoms with Gasteiger partial charge in [-0.15, -0.1) is 11.6 Å². The van der Waals surface area contributed by atoms with Crippen molar-refractivity contribution >= 4 is 33.4 Å². The number of nitrogens with zero attached hydrogens (tertiary/aromatic N) is 1. The summed E-state index contributed by atoms with van der Waals surface area (Å²) >= 11 is 8.93. The van der Waals surface area contributed by atoms with E-state index in [4.69, 9.17) is 11.6 Å². The van der Waals surface area contributed by atoms with E-state index in [0.29, 0.717) is 16.9 Å². The van der Waals surface area contributed by atoms with Gasteiger partial charge < -0.3 is 4.90 Å². The van der Waals surface area contributed by atoms with Crippen molar-refractivity contribution in [1.82, 2.24) is 4.90 Å². The molecular weight excluding hydrogens is 359 g/mol. The summed E-state index contributed by atoms with van der Waals surface area (Å²) in [5.41, 5.74) is -0.803. The first kappa shape index (κ1) is 15.6. The lowest BCUT2D eigenvalue weighted by molar-refractivity contribution is -0.137. The van der Waals surface area contributed by atoms with Gasteiger partial charge in [-0.25, -0.2) is 0 Å². The quantitative estimate of drug-likeness (QED) is 0.710. The molecule has 0 bridgehead atoms. The Kier molecular flexibility index (Phi) is 4.64. The maximum Gasteiger partial charge on any atom is 0.416 e. The number of carbonyl (C=O) groups excluding carboxylic acids is 1. The van der Waals surface area contributed by atoms with E-state index < -0.39 is 17.6 Å². The van der Waals surface area contributed by atoms with E-state index >= 15 is 0 Å². The molecular formula is C13H12BrClF3NO. The highest BCUT2D eigenvalue weighted by molar-refractivity contribution is 9.10. The van der Waals surface area contributed by atoms with E-state index in [-0.39, 0.29) is 11.6 Å². The molecule has 0 saturated carbocycles. The molecule has 0 spiro atoms. The lowest BCUT2D eigenvalue weighted by Crippen LogP contribution is -2.36. The molecule has 0 N–H and O–H groups in total. The first-order valence-corrected chi connectivity index (χ1v) is 7.41. The van der Waals surface area contributed by atoms with Crippen LogP contribution in [-0.4, -0.2) is 29.3 Å². The summed E-state index contributed by atoms with van der Waals surface area (Å²) in [6.07, 6.45) is -2.86. The average molecular weight is 371 g/mol. The van der Waals surface area contributed by atoms with E-state index in [0.717, 1.165) is 25.0 Å². The molecule has 1 heterocycles. The van der Waals surface area contributed by atoms with Crippen LogP contribution in [0.15, 0.2) is 22.7 Å². The van der Waals surface area contributed by atoms with Crippen LogP contribution in [0.2, 0.25) is 0 Å². The monoisotopic (exact) mass is 369 g/mol. The van der Waals surface area contributed by atoms with Crippen LogP contribution in [0.3, 0.4) is 0 Å². The Bertz CT molecular complexity index is 521. The predicted molar refractivity (Wildman–Crippen MR) is 73.9 cm³/mol. The largest absolute Gasteiger partial charge is 0.416 e. The molecule has 2 rings (SSSR count). The maximum absolute atomic E-state index is 12.7. The zero-order valence-corrected chi connectivity index (χ0v) is 12.7. The summed E-state index contributed by atoms with van der Waals surface area (Å²) in [5, 5.41) is 0. The molecule has 0 aliphatic carbocycles. The molecule has 0 radical (unpaired) electrons. The van der Waals surface area contributed by atoms with Gasteiger partial charge in [0.15, 0.2) is 0 Å². The molecule has 1 fully saturated rings. The van der Waals surface area contributed by atoms with Gasteiger partial charge in [0.2, 0.25) is 0 Å². The molecule has 1 atom stereocenters. The van der Waals surface area contributed by atoms with Gasteiger partial charge in [0.1, 0.15) is 0 Å². The third kappa shape index (κ3) is 3.11. The molecule has 1 aliphatic rings. The molecule has 1 aromatic rings. The van der Waals surface area contributed by atoms with E-state index in [9.17, 15) is 18.0 Å². The third-order valence-electron chi connectivity index (χ3n) is 3.34. The SMILES string of the molecule is O=C(c1cc(C(F)(F)F)ccc1Br)N1CCCC1CCl. The number of benzene rings is 1. The molecule has 1 aromatic carbocycles. The second-order valence-electron chi connectivity index (χ2n) is 4.64. The Morgan fingerprint density at radius 2 is 2.15 bits per heavy atom. The van der Waals surface area contributed by atoms with Gasteiger partial charge in [-0.2, -0.15) is 13.2 Å². The minimum Gasteiger partial charge on any atom is -0.334 e. The zero-order chi connectivity index (χ0) is 14.9. The highest BCUT2D eigenvalue weighted by Gasteiger charge is 2.34. The van der Waals surface area contributed by atoms with E-state index in [2.05, 4.69) is 15.9 Å². The Hall–Kier alpha value is -0.750. The fraction of sp³-hybridized carbons (Fsp3) is 0.462. The van der Waals surface area contributed by atoms with Crippen molar-refractivity contribution in [2.24, 2.45) is 0 Å². The Labute approximate surface area is 128 Å². The standard InChI is InChI=1S/C13H12BrClF3NO/c14-11-4-3-8(13(16,17)18)6-10(11)12(20)19-5-1-2-9(19)7-15/h3-4,6,9H,1-2,5,7H2. The van der Waals surface area contributed by atoms with Crippen LogP contribution in [0.4, 0.5) is 13.2 Å². The number of likely N-dealkylation sites (tertiary alicyclic amines) is 1. The summed E-state index contributed by atoms with van der Waals surface area (Å²) in [7, 11) is 0. The van der Waals surface area contributed by atoms with Crippen LogP contribution >= 0.6 is 27.5 Å².